The van der Waals surface area contributed by atoms with Crippen LogP contribution in [-0.2, 0) is 0 Å². The van der Waals surface area contributed by atoms with Crippen molar-refractivity contribution in [2.45, 2.75) is 0 Å². The van der Waals surface area contributed by atoms with Crippen molar-refractivity contribution in [1.82, 2.24) is 5.43 Å². The number of anilines is 1. The van der Waals surface area contributed by atoms with Crippen LogP contribution < -0.4 is 15.5 Å². The summed E-state index contributed by atoms with van der Waals surface area (Å²) < 4.78 is 6.09. The van der Waals surface area contributed by atoms with Crippen LogP contribution in [-0.4, -0.2) is 30.1 Å². The Hall–Kier alpha value is -4.05. The molecule has 0 spiro atoms. The van der Waals surface area contributed by atoms with Crippen LogP contribution in [0.2, 0.25) is 0 Å². The van der Waals surface area contributed by atoms with E-state index in [2.05, 4.69) is 31.8 Å². The molecule has 3 rings (SSSR count). The first-order chi connectivity index (χ1) is 15.4. The van der Waals surface area contributed by atoms with Crippen molar-refractivity contribution < 1.29 is 19.2 Å². The highest BCUT2D eigenvalue weighted by Crippen LogP contribution is 2.21. The maximum absolute atomic E-state index is 12.3. The molecule has 0 aromatic heterocycles. The maximum atomic E-state index is 12.3. The van der Waals surface area contributed by atoms with Gasteiger partial charge in [-0.1, -0.05) is 22.0 Å². The second-order valence-electron chi connectivity index (χ2n) is 6.42. The summed E-state index contributed by atoms with van der Waals surface area (Å²) in [7, 11) is 1.54. The number of amides is 2. The summed E-state index contributed by atoms with van der Waals surface area (Å²) in [5.41, 5.74) is 3.85. The van der Waals surface area contributed by atoms with Gasteiger partial charge in [-0.3, -0.25) is 19.7 Å². The van der Waals surface area contributed by atoms with Gasteiger partial charge in [-0.15, -0.1) is 0 Å². The van der Waals surface area contributed by atoms with Crippen molar-refractivity contribution >= 4 is 45.3 Å². The molecule has 0 aliphatic carbocycles. The third-order valence-corrected chi connectivity index (χ3v) is 4.78. The summed E-state index contributed by atoms with van der Waals surface area (Å²) in [5.74, 6) is -0.333. The maximum Gasteiger partial charge on any atom is 0.271 e. The number of carbonyl (C=O) groups is 2. The molecule has 0 heterocycles. The zero-order valence-electron chi connectivity index (χ0n) is 16.7. The minimum atomic E-state index is -0.570. The Morgan fingerprint density at radius 3 is 2.47 bits per heavy atom. The van der Waals surface area contributed by atoms with Gasteiger partial charge < -0.3 is 10.1 Å². The first-order valence-electron chi connectivity index (χ1n) is 9.20. The fourth-order valence-electron chi connectivity index (χ4n) is 2.70. The van der Waals surface area contributed by atoms with Gasteiger partial charge in [0.2, 0.25) is 0 Å². The van der Waals surface area contributed by atoms with Crippen molar-refractivity contribution in [2.75, 3.05) is 12.4 Å². The minimum Gasteiger partial charge on any atom is -0.496 e. The molecule has 0 bridgehead atoms. The SMILES string of the molecule is COc1ccc(Br)cc1/C=N\NC(=O)c1ccc(NC(=O)c2cccc([N+](=O)[O-])c2)cc1. The van der Waals surface area contributed by atoms with E-state index in [1.54, 1.807) is 31.4 Å². The van der Waals surface area contributed by atoms with Gasteiger partial charge in [0.05, 0.1) is 18.2 Å². The fourth-order valence-corrected chi connectivity index (χ4v) is 3.08. The number of nitro benzene ring substituents is 1. The topological polar surface area (TPSA) is 123 Å². The summed E-state index contributed by atoms with van der Waals surface area (Å²) in [5, 5.41) is 17.4. The Bertz CT molecular complexity index is 1200. The van der Waals surface area contributed by atoms with Crippen LogP contribution in [0, 0.1) is 10.1 Å². The first kappa shape index (κ1) is 22.6. The van der Waals surface area contributed by atoms with E-state index in [1.807, 2.05) is 6.07 Å². The summed E-state index contributed by atoms with van der Waals surface area (Å²) >= 11 is 3.37. The van der Waals surface area contributed by atoms with Crippen LogP contribution >= 0.6 is 15.9 Å². The number of benzene rings is 3. The second kappa shape index (κ2) is 10.3. The third kappa shape index (κ3) is 5.76. The van der Waals surface area contributed by atoms with Gasteiger partial charge in [-0.2, -0.15) is 5.10 Å². The lowest BCUT2D eigenvalue weighted by Gasteiger charge is -2.07. The van der Waals surface area contributed by atoms with E-state index in [9.17, 15) is 19.7 Å². The molecule has 3 aromatic rings. The van der Waals surface area contributed by atoms with Gasteiger partial charge in [-0.05, 0) is 48.5 Å². The number of ether oxygens (including phenoxy) is 1. The quantitative estimate of drug-likeness (QED) is 0.285. The Labute approximate surface area is 191 Å². The summed E-state index contributed by atoms with van der Waals surface area (Å²) in [6.45, 7) is 0. The summed E-state index contributed by atoms with van der Waals surface area (Å²) in [6.07, 6.45) is 1.47. The average Bonchev–Trinajstić information content (AvgIpc) is 2.79. The third-order valence-electron chi connectivity index (χ3n) is 4.29. The standard InChI is InChI=1S/C22H17BrN4O5/c1-32-20-10-7-17(23)11-16(20)13-24-26-22(29)14-5-8-18(9-6-14)25-21(28)15-3-2-4-19(12-15)27(30)31/h2-13H,1H3,(H,25,28)(H,26,29)/b24-13-. The molecule has 162 valence electrons. The van der Waals surface area contributed by atoms with Crippen molar-refractivity contribution in [3.8, 4) is 5.75 Å². The van der Waals surface area contributed by atoms with Crippen LogP contribution in [0.4, 0.5) is 11.4 Å². The van der Waals surface area contributed by atoms with Gasteiger partial charge in [0.25, 0.3) is 17.5 Å². The lowest BCUT2D eigenvalue weighted by Crippen LogP contribution is -2.18. The molecule has 9 nitrogen and oxygen atoms in total. The van der Waals surface area contributed by atoms with E-state index in [0.717, 1.165) is 4.47 Å². The number of nitrogens with zero attached hydrogens (tertiary/aromatic N) is 2. The first-order valence-corrected chi connectivity index (χ1v) is 9.99. The normalized spacial score (nSPS) is 10.6. The highest BCUT2D eigenvalue weighted by atomic mass is 79.9. The molecule has 0 aliphatic heterocycles. The molecular weight excluding hydrogens is 480 g/mol. The monoisotopic (exact) mass is 496 g/mol. The number of hydrazone groups is 1. The lowest BCUT2D eigenvalue weighted by molar-refractivity contribution is -0.384. The second-order valence-corrected chi connectivity index (χ2v) is 7.34. The van der Waals surface area contributed by atoms with E-state index in [1.165, 1.54) is 42.6 Å². The molecule has 0 fully saturated rings. The number of nitrogens with one attached hydrogen (secondary N) is 2. The van der Waals surface area contributed by atoms with Gasteiger partial charge in [-0.25, -0.2) is 5.43 Å². The number of nitro groups is 1. The van der Waals surface area contributed by atoms with Gasteiger partial charge >= 0.3 is 0 Å². The zero-order chi connectivity index (χ0) is 23.1. The van der Waals surface area contributed by atoms with Crippen LogP contribution in [0.25, 0.3) is 0 Å². The van der Waals surface area contributed by atoms with Crippen molar-refractivity contribution in [1.29, 1.82) is 0 Å². The molecule has 0 radical (unpaired) electrons. The number of rotatable bonds is 7. The molecule has 0 atom stereocenters. The molecule has 0 unspecified atom stereocenters. The molecule has 10 heteroatoms. The largest absolute Gasteiger partial charge is 0.496 e. The zero-order valence-corrected chi connectivity index (χ0v) is 18.3. The minimum absolute atomic E-state index is 0.151. The van der Waals surface area contributed by atoms with Crippen molar-refractivity contribution in [2.24, 2.45) is 5.10 Å². The Kier molecular flexibility index (Phi) is 7.29. The smallest absolute Gasteiger partial charge is 0.271 e. The Balaban J connectivity index is 1.62. The molecule has 0 aliphatic rings. The van der Waals surface area contributed by atoms with Crippen LogP contribution in [0.1, 0.15) is 26.3 Å². The van der Waals surface area contributed by atoms with E-state index in [0.29, 0.717) is 22.6 Å². The van der Waals surface area contributed by atoms with Crippen molar-refractivity contribution in [3.63, 3.8) is 0 Å². The number of hydrogen-bond donors (Lipinski definition) is 2. The van der Waals surface area contributed by atoms with Gasteiger partial charge in [0, 0.05) is 39.0 Å². The number of halogens is 1. The molecule has 3 aromatic carbocycles. The van der Waals surface area contributed by atoms with Crippen LogP contribution in [0.3, 0.4) is 0 Å². The molecule has 0 saturated carbocycles. The Morgan fingerprint density at radius 2 is 1.78 bits per heavy atom. The molecule has 0 saturated heterocycles. The summed E-state index contributed by atoms with van der Waals surface area (Å²) in [4.78, 5) is 34.9. The van der Waals surface area contributed by atoms with Crippen LogP contribution in [0.15, 0.2) is 76.3 Å². The molecule has 32 heavy (non-hydrogen) atoms. The fraction of sp³-hybridized carbons (Fsp3) is 0.0455. The number of carbonyl (C=O) groups excluding carboxylic acids is 2. The van der Waals surface area contributed by atoms with Crippen LogP contribution in [0.5, 0.6) is 5.75 Å². The van der Waals surface area contributed by atoms with E-state index in [-0.39, 0.29) is 11.3 Å². The van der Waals surface area contributed by atoms with Crippen molar-refractivity contribution in [3.05, 3.63) is 98.0 Å². The summed E-state index contributed by atoms with van der Waals surface area (Å²) in [6, 6.07) is 16.9. The predicted molar refractivity (Wildman–Crippen MR) is 123 cm³/mol. The van der Waals surface area contributed by atoms with E-state index < -0.39 is 16.7 Å². The highest BCUT2D eigenvalue weighted by Gasteiger charge is 2.12. The number of methoxy groups -OCH3 is 1. The lowest BCUT2D eigenvalue weighted by atomic mass is 10.1. The number of hydrogen-bond acceptors (Lipinski definition) is 6. The Morgan fingerprint density at radius 1 is 1.03 bits per heavy atom. The average molecular weight is 497 g/mol. The molecule has 2 N–H and O–H groups in total. The predicted octanol–water partition coefficient (Wildman–Crippen LogP) is 4.38. The van der Waals surface area contributed by atoms with E-state index >= 15 is 0 Å². The molecule has 2 amide bonds. The van der Waals surface area contributed by atoms with E-state index in [4.69, 9.17) is 4.74 Å². The molecular formula is C22H17BrN4O5. The number of non-ortho nitro benzene ring substituents is 1. The van der Waals surface area contributed by atoms with Gasteiger partial charge in [0.15, 0.2) is 0 Å². The van der Waals surface area contributed by atoms with Gasteiger partial charge in [0.1, 0.15) is 5.75 Å². The highest BCUT2D eigenvalue weighted by molar-refractivity contribution is 9.10.